The van der Waals surface area contributed by atoms with E-state index in [9.17, 15) is 9.59 Å². The topological polar surface area (TPSA) is 52.6 Å². The lowest BCUT2D eigenvalue weighted by atomic mass is 10.1. The zero-order valence-electron chi connectivity index (χ0n) is 15.1. The predicted molar refractivity (Wildman–Crippen MR) is 93.1 cm³/mol. The standard InChI is InChI=1S/C19H34O4/c1-4-5-6-7-8-9-10-11-12-15-22-18(20)13-14-19(21)23-16-17(2)3/h13-14,17H,4-12,15-16H2,1-3H3/b14-13+. The average molecular weight is 326 g/mol. The number of hydrogen-bond donors (Lipinski definition) is 0. The summed E-state index contributed by atoms with van der Waals surface area (Å²) < 4.78 is 9.97. The van der Waals surface area contributed by atoms with Gasteiger partial charge in [0.2, 0.25) is 0 Å². The third-order valence-electron chi connectivity index (χ3n) is 3.41. The molecule has 0 aliphatic heterocycles. The lowest BCUT2D eigenvalue weighted by Crippen LogP contribution is -2.08. The van der Waals surface area contributed by atoms with Gasteiger partial charge in [0.1, 0.15) is 0 Å². The van der Waals surface area contributed by atoms with Crippen LogP contribution in [-0.4, -0.2) is 25.2 Å². The van der Waals surface area contributed by atoms with Gasteiger partial charge in [-0.05, 0) is 12.3 Å². The highest BCUT2D eigenvalue weighted by atomic mass is 16.5. The maximum Gasteiger partial charge on any atom is 0.331 e. The molecule has 0 aromatic heterocycles. The summed E-state index contributed by atoms with van der Waals surface area (Å²) in [5, 5.41) is 0. The van der Waals surface area contributed by atoms with Crippen LogP contribution in [0.5, 0.6) is 0 Å². The van der Waals surface area contributed by atoms with E-state index in [0.717, 1.165) is 25.0 Å². The second kappa shape index (κ2) is 15.6. The first-order valence-electron chi connectivity index (χ1n) is 9.07. The van der Waals surface area contributed by atoms with Gasteiger partial charge in [-0.15, -0.1) is 0 Å². The molecule has 0 aromatic carbocycles. The summed E-state index contributed by atoms with van der Waals surface area (Å²) in [6.45, 7) is 6.91. The molecule has 23 heavy (non-hydrogen) atoms. The molecule has 0 radical (unpaired) electrons. The van der Waals surface area contributed by atoms with Crippen LogP contribution in [0.4, 0.5) is 0 Å². The molecule has 4 heteroatoms. The van der Waals surface area contributed by atoms with Crippen LogP contribution in [0.3, 0.4) is 0 Å². The molecule has 0 aliphatic rings. The van der Waals surface area contributed by atoms with Crippen LogP contribution < -0.4 is 0 Å². The number of carbonyl (C=O) groups is 2. The Morgan fingerprint density at radius 2 is 1.26 bits per heavy atom. The van der Waals surface area contributed by atoms with Crippen molar-refractivity contribution in [2.24, 2.45) is 5.92 Å². The Bertz CT molecular complexity index is 334. The van der Waals surface area contributed by atoms with E-state index in [0.29, 0.717) is 13.2 Å². The number of ether oxygens (including phenoxy) is 2. The Kier molecular flexibility index (Phi) is 14.7. The molecule has 0 aliphatic carbocycles. The highest BCUT2D eigenvalue weighted by Crippen LogP contribution is 2.09. The Morgan fingerprint density at radius 1 is 0.783 bits per heavy atom. The average Bonchev–Trinajstić information content (AvgIpc) is 2.52. The summed E-state index contributed by atoms with van der Waals surface area (Å²) in [6.07, 6.45) is 13.3. The lowest BCUT2D eigenvalue weighted by molar-refractivity contribution is -0.141. The second-order valence-electron chi connectivity index (χ2n) is 6.35. The molecule has 0 atom stereocenters. The van der Waals surface area contributed by atoms with Crippen molar-refractivity contribution in [2.75, 3.05) is 13.2 Å². The Hall–Kier alpha value is -1.32. The molecule has 0 amide bonds. The number of rotatable bonds is 14. The molecular formula is C19H34O4. The molecule has 4 nitrogen and oxygen atoms in total. The molecule has 0 heterocycles. The molecule has 0 saturated heterocycles. The molecule has 0 bridgehead atoms. The van der Waals surface area contributed by atoms with E-state index in [-0.39, 0.29) is 5.92 Å². The quantitative estimate of drug-likeness (QED) is 0.261. The van der Waals surface area contributed by atoms with E-state index < -0.39 is 11.9 Å². The van der Waals surface area contributed by atoms with Gasteiger partial charge < -0.3 is 9.47 Å². The van der Waals surface area contributed by atoms with E-state index in [4.69, 9.17) is 9.47 Å². The van der Waals surface area contributed by atoms with Crippen molar-refractivity contribution in [3.63, 3.8) is 0 Å². The fourth-order valence-electron chi connectivity index (χ4n) is 2.07. The van der Waals surface area contributed by atoms with Gasteiger partial charge in [-0.2, -0.15) is 0 Å². The zero-order valence-corrected chi connectivity index (χ0v) is 15.1. The van der Waals surface area contributed by atoms with Crippen molar-refractivity contribution >= 4 is 11.9 Å². The van der Waals surface area contributed by atoms with Crippen molar-refractivity contribution in [1.29, 1.82) is 0 Å². The Labute approximate surface area is 141 Å². The SMILES string of the molecule is CCCCCCCCCCCOC(=O)/C=C/C(=O)OCC(C)C. The largest absolute Gasteiger partial charge is 0.463 e. The summed E-state index contributed by atoms with van der Waals surface area (Å²) in [6, 6.07) is 0. The van der Waals surface area contributed by atoms with Crippen LogP contribution in [-0.2, 0) is 19.1 Å². The van der Waals surface area contributed by atoms with Crippen molar-refractivity contribution in [3.8, 4) is 0 Å². The van der Waals surface area contributed by atoms with Crippen molar-refractivity contribution < 1.29 is 19.1 Å². The third kappa shape index (κ3) is 16.9. The summed E-state index contributed by atoms with van der Waals surface area (Å²) in [4.78, 5) is 22.7. The van der Waals surface area contributed by atoms with E-state index in [2.05, 4.69) is 6.92 Å². The lowest BCUT2D eigenvalue weighted by Gasteiger charge is -2.04. The minimum atomic E-state index is -0.501. The van der Waals surface area contributed by atoms with Gasteiger partial charge >= 0.3 is 11.9 Å². The van der Waals surface area contributed by atoms with E-state index >= 15 is 0 Å². The van der Waals surface area contributed by atoms with Crippen LogP contribution in [0.25, 0.3) is 0 Å². The van der Waals surface area contributed by atoms with Crippen LogP contribution in [0.15, 0.2) is 12.2 Å². The zero-order chi connectivity index (χ0) is 17.3. The maximum atomic E-state index is 11.4. The molecule has 0 aromatic rings. The van der Waals surface area contributed by atoms with Gasteiger partial charge in [-0.25, -0.2) is 9.59 Å². The number of unbranched alkanes of at least 4 members (excludes halogenated alkanes) is 8. The molecule has 0 spiro atoms. The minimum Gasteiger partial charge on any atom is -0.463 e. The Balaban J connectivity index is 3.44. The van der Waals surface area contributed by atoms with Crippen LogP contribution in [0, 0.1) is 5.92 Å². The van der Waals surface area contributed by atoms with E-state index in [1.807, 2.05) is 13.8 Å². The monoisotopic (exact) mass is 326 g/mol. The fraction of sp³-hybridized carbons (Fsp3) is 0.789. The molecule has 0 rings (SSSR count). The molecule has 0 N–H and O–H groups in total. The fourth-order valence-corrected chi connectivity index (χ4v) is 2.07. The predicted octanol–water partition coefficient (Wildman–Crippen LogP) is 4.82. The first-order chi connectivity index (χ1) is 11.1. The van der Waals surface area contributed by atoms with Gasteiger partial charge in [0.15, 0.2) is 0 Å². The minimum absolute atomic E-state index is 0.283. The highest BCUT2D eigenvalue weighted by molar-refractivity contribution is 5.91. The number of hydrogen-bond acceptors (Lipinski definition) is 4. The molecule has 134 valence electrons. The van der Waals surface area contributed by atoms with Gasteiger partial charge in [0, 0.05) is 12.2 Å². The third-order valence-corrected chi connectivity index (χ3v) is 3.41. The first kappa shape index (κ1) is 21.7. The first-order valence-corrected chi connectivity index (χ1v) is 9.07. The molecule has 0 saturated carbocycles. The Morgan fingerprint density at radius 3 is 1.78 bits per heavy atom. The summed E-state index contributed by atoms with van der Waals surface area (Å²) in [7, 11) is 0. The van der Waals surface area contributed by atoms with Gasteiger partial charge in [0.25, 0.3) is 0 Å². The smallest absolute Gasteiger partial charge is 0.331 e. The van der Waals surface area contributed by atoms with Crippen molar-refractivity contribution in [1.82, 2.24) is 0 Å². The van der Waals surface area contributed by atoms with Gasteiger partial charge in [-0.1, -0.05) is 72.1 Å². The summed E-state index contributed by atoms with van der Waals surface area (Å²) in [5.74, 6) is -0.698. The van der Waals surface area contributed by atoms with Gasteiger partial charge in [0.05, 0.1) is 13.2 Å². The number of carbonyl (C=O) groups excluding carboxylic acids is 2. The van der Waals surface area contributed by atoms with Crippen LogP contribution in [0.2, 0.25) is 0 Å². The van der Waals surface area contributed by atoms with Crippen LogP contribution in [0.1, 0.15) is 78.6 Å². The van der Waals surface area contributed by atoms with Gasteiger partial charge in [-0.3, -0.25) is 0 Å². The van der Waals surface area contributed by atoms with Crippen molar-refractivity contribution in [3.05, 3.63) is 12.2 Å². The maximum absolute atomic E-state index is 11.4. The number of esters is 2. The molecular weight excluding hydrogens is 292 g/mol. The summed E-state index contributed by atoms with van der Waals surface area (Å²) >= 11 is 0. The second-order valence-corrected chi connectivity index (χ2v) is 6.35. The van der Waals surface area contributed by atoms with E-state index in [1.165, 1.54) is 44.9 Å². The summed E-state index contributed by atoms with van der Waals surface area (Å²) in [5.41, 5.74) is 0. The van der Waals surface area contributed by atoms with E-state index in [1.54, 1.807) is 0 Å². The molecule has 0 unspecified atom stereocenters. The van der Waals surface area contributed by atoms with Crippen LogP contribution >= 0.6 is 0 Å². The highest BCUT2D eigenvalue weighted by Gasteiger charge is 2.02. The molecule has 0 fully saturated rings. The van der Waals surface area contributed by atoms with Crippen molar-refractivity contribution in [2.45, 2.75) is 78.6 Å². The normalized spacial score (nSPS) is 11.1.